The number of likely N-dealkylation sites (tertiary alicyclic amines) is 1. The zero-order valence-electron chi connectivity index (χ0n) is 13.3. The van der Waals surface area contributed by atoms with Crippen molar-refractivity contribution in [2.24, 2.45) is 0 Å². The average Bonchev–Trinajstić information content (AvgIpc) is 2.31. The second-order valence-corrected chi connectivity index (χ2v) is 8.66. The van der Waals surface area contributed by atoms with Gasteiger partial charge in [0.25, 0.3) is 0 Å². The van der Waals surface area contributed by atoms with E-state index in [0.717, 1.165) is 0 Å². The quantitative estimate of drug-likeness (QED) is 0.810. The van der Waals surface area contributed by atoms with E-state index in [1.807, 2.05) is 0 Å². The van der Waals surface area contributed by atoms with Gasteiger partial charge in [-0.15, -0.1) is 0 Å². The van der Waals surface area contributed by atoms with Gasteiger partial charge in [-0.3, -0.25) is 13.9 Å². The average molecular weight is 332 g/mol. The van der Waals surface area contributed by atoms with Crippen molar-refractivity contribution in [3.63, 3.8) is 0 Å². The van der Waals surface area contributed by atoms with Crippen LogP contribution in [0.2, 0.25) is 0 Å². The Morgan fingerprint density at radius 3 is 2.23 bits per heavy atom. The van der Waals surface area contributed by atoms with Crippen molar-refractivity contribution in [1.82, 2.24) is 9.80 Å². The fourth-order valence-corrected chi connectivity index (χ4v) is 3.99. The summed E-state index contributed by atoms with van der Waals surface area (Å²) < 4.78 is 16.8. The van der Waals surface area contributed by atoms with E-state index in [0.29, 0.717) is 37.7 Å². The molecule has 1 N–H and O–H groups in total. The Labute approximate surface area is 133 Å². The van der Waals surface area contributed by atoms with Gasteiger partial charge in [-0.2, -0.15) is 0 Å². The first-order valence-electron chi connectivity index (χ1n) is 7.41. The highest BCUT2D eigenvalue weighted by molar-refractivity contribution is 7.85. The Morgan fingerprint density at radius 2 is 1.77 bits per heavy atom. The van der Waals surface area contributed by atoms with Gasteiger partial charge in [0.2, 0.25) is 0 Å². The molecule has 2 aliphatic heterocycles. The molecular weight excluding hydrogens is 308 g/mol. The highest BCUT2D eigenvalue weighted by Gasteiger charge is 2.52. The van der Waals surface area contributed by atoms with Crippen molar-refractivity contribution in [3.05, 3.63) is 0 Å². The number of carboxylic acids is 1. The van der Waals surface area contributed by atoms with Gasteiger partial charge in [-0.1, -0.05) is 0 Å². The highest BCUT2D eigenvalue weighted by atomic mass is 32.2. The summed E-state index contributed by atoms with van der Waals surface area (Å²) in [6.07, 6.45) is -0.423. The fourth-order valence-electron chi connectivity index (χ4n) is 2.94. The maximum absolute atomic E-state index is 12.0. The number of amides is 1. The van der Waals surface area contributed by atoms with Crippen LogP contribution in [-0.2, 0) is 20.3 Å². The number of aliphatic carboxylic acids is 1. The van der Waals surface area contributed by atoms with Crippen LogP contribution in [0.1, 0.15) is 27.2 Å². The second kappa shape index (κ2) is 6.16. The van der Waals surface area contributed by atoms with Crippen molar-refractivity contribution in [2.75, 3.05) is 37.7 Å². The Bertz CT molecular complexity index is 472. The third-order valence-electron chi connectivity index (χ3n) is 3.95. The lowest BCUT2D eigenvalue weighted by Crippen LogP contribution is -2.73. The molecule has 0 saturated carbocycles. The third-order valence-corrected chi connectivity index (χ3v) is 5.23. The van der Waals surface area contributed by atoms with E-state index in [1.165, 1.54) is 0 Å². The van der Waals surface area contributed by atoms with Crippen LogP contribution < -0.4 is 0 Å². The number of carboxylic acid groups (broad SMARTS) is 1. The molecule has 8 heteroatoms. The van der Waals surface area contributed by atoms with Crippen LogP contribution in [0.5, 0.6) is 0 Å². The zero-order valence-corrected chi connectivity index (χ0v) is 14.1. The van der Waals surface area contributed by atoms with E-state index >= 15 is 0 Å². The minimum Gasteiger partial charge on any atom is -0.481 e. The van der Waals surface area contributed by atoms with E-state index in [1.54, 1.807) is 25.7 Å². The topological polar surface area (TPSA) is 87.2 Å². The minimum absolute atomic E-state index is 0.0149. The number of ether oxygens (including phenoxy) is 1. The molecule has 0 aromatic heterocycles. The minimum atomic E-state index is -0.879. The van der Waals surface area contributed by atoms with Crippen LogP contribution in [0.25, 0.3) is 0 Å². The van der Waals surface area contributed by atoms with Crippen molar-refractivity contribution >= 4 is 22.9 Å². The largest absolute Gasteiger partial charge is 0.481 e. The molecule has 2 heterocycles. The summed E-state index contributed by atoms with van der Waals surface area (Å²) in [5.74, 6) is 0.247. The van der Waals surface area contributed by atoms with E-state index in [9.17, 15) is 18.9 Å². The van der Waals surface area contributed by atoms with Gasteiger partial charge in [0.05, 0.1) is 12.0 Å². The summed E-state index contributed by atoms with van der Waals surface area (Å²) in [5.41, 5.74) is -1.11. The number of carbonyl (C=O) groups is 2. The monoisotopic (exact) mass is 332 g/mol. The molecule has 0 aliphatic carbocycles. The number of carbonyl (C=O) groups excluding carboxylic acids is 1. The van der Waals surface area contributed by atoms with Crippen molar-refractivity contribution in [3.8, 4) is 0 Å². The fraction of sp³-hybridized carbons (Fsp3) is 0.857. The lowest BCUT2D eigenvalue weighted by atomic mass is 9.84. The van der Waals surface area contributed by atoms with Crippen LogP contribution in [-0.4, -0.2) is 80.0 Å². The molecule has 2 rings (SSSR count). The predicted molar refractivity (Wildman–Crippen MR) is 82.2 cm³/mol. The number of nitrogens with zero attached hydrogens (tertiary/aromatic N) is 2. The molecule has 0 aromatic rings. The van der Waals surface area contributed by atoms with Gasteiger partial charge in [0, 0.05) is 48.5 Å². The molecule has 2 fully saturated rings. The molecule has 2 aliphatic rings. The lowest BCUT2D eigenvalue weighted by Gasteiger charge is -2.55. The molecule has 126 valence electrons. The molecule has 0 radical (unpaired) electrons. The van der Waals surface area contributed by atoms with E-state index in [-0.39, 0.29) is 6.42 Å². The van der Waals surface area contributed by atoms with Gasteiger partial charge in [0.15, 0.2) is 0 Å². The maximum Gasteiger partial charge on any atom is 0.410 e. The molecule has 0 aromatic carbocycles. The van der Waals surface area contributed by atoms with Gasteiger partial charge < -0.3 is 14.7 Å². The molecule has 2 saturated heterocycles. The standard InChI is InChI=1S/C14H24N2O5S/c1-13(2,3)21-12(19)15-9-14(10-15,8-11(17)18)16-4-6-22(20)7-5-16/h4-10H2,1-3H3,(H,17,18). The van der Waals surface area contributed by atoms with Crippen LogP contribution >= 0.6 is 0 Å². The lowest BCUT2D eigenvalue weighted by molar-refractivity contribution is -0.145. The van der Waals surface area contributed by atoms with Crippen molar-refractivity contribution in [2.45, 2.75) is 38.3 Å². The molecule has 22 heavy (non-hydrogen) atoms. The van der Waals surface area contributed by atoms with E-state index < -0.39 is 34.0 Å². The summed E-state index contributed by atoms with van der Waals surface area (Å²) in [6.45, 7) is 7.32. The molecular formula is C14H24N2O5S. The summed E-state index contributed by atoms with van der Waals surface area (Å²) in [6, 6.07) is 0. The smallest absolute Gasteiger partial charge is 0.410 e. The molecule has 7 nitrogen and oxygen atoms in total. The first-order chi connectivity index (χ1) is 10.1. The zero-order chi connectivity index (χ0) is 16.5. The van der Waals surface area contributed by atoms with Crippen LogP contribution in [0.3, 0.4) is 0 Å². The van der Waals surface area contributed by atoms with Crippen LogP contribution in [0, 0.1) is 0 Å². The Hall–Kier alpha value is -1.15. The summed E-state index contributed by atoms with van der Waals surface area (Å²) >= 11 is 0. The van der Waals surface area contributed by atoms with Gasteiger partial charge in [-0.05, 0) is 20.8 Å². The maximum atomic E-state index is 12.0. The predicted octanol–water partition coefficient (Wildman–Crippen LogP) is 0.515. The normalized spacial score (nSPS) is 23.0. The Morgan fingerprint density at radius 1 is 1.23 bits per heavy atom. The third kappa shape index (κ3) is 3.98. The SMILES string of the molecule is CC(C)(C)OC(=O)N1CC(CC(=O)O)(N2CCS(=O)CC2)C1. The summed E-state index contributed by atoms with van der Waals surface area (Å²) in [5, 5.41) is 9.19. The van der Waals surface area contributed by atoms with Crippen molar-refractivity contribution in [1.29, 1.82) is 0 Å². The molecule has 0 spiro atoms. The van der Waals surface area contributed by atoms with Gasteiger partial charge in [-0.25, -0.2) is 4.79 Å². The van der Waals surface area contributed by atoms with Crippen molar-refractivity contribution < 1.29 is 23.6 Å². The van der Waals surface area contributed by atoms with Gasteiger partial charge >= 0.3 is 12.1 Å². The molecule has 1 amide bonds. The van der Waals surface area contributed by atoms with E-state index in [4.69, 9.17) is 4.74 Å². The molecule has 0 unspecified atom stereocenters. The first-order valence-corrected chi connectivity index (χ1v) is 8.90. The number of hydrogen-bond acceptors (Lipinski definition) is 5. The Kier molecular flexibility index (Phi) is 4.81. The summed E-state index contributed by atoms with van der Waals surface area (Å²) in [7, 11) is -0.812. The van der Waals surface area contributed by atoms with E-state index in [2.05, 4.69) is 4.90 Å². The first kappa shape index (κ1) is 17.2. The number of rotatable bonds is 3. The second-order valence-electron chi connectivity index (χ2n) is 6.97. The number of hydrogen-bond donors (Lipinski definition) is 1. The van der Waals surface area contributed by atoms with Gasteiger partial charge in [0.1, 0.15) is 5.60 Å². The highest BCUT2D eigenvalue weighted by Crippen LogP contribution is 2.33. The van der Waals surface area contributed by atoms with Crippen LogP contribution in [0.4, 0.5) is 4.79 Å². The Balaban J connectivity index is 2.00. The van der Waals surface area contributed by atoms with Crippen LogP contribution in [0.15, 0.2) is 0 Å². The molecule has 0 atom stereocenters. The summed E-state index contributed by atoms with van der Waals surface area (Å²) in [4.78, 5) is 26.9. The molecule has 0 bridgehead atoms.